The van der Waals surface area contributed by atoms with Crippen LogP contribution >= 0.6 is 7.82 Å². The first-order chi connectivity index (χ1) is 6.88. The molecule has 10 heteroatoms. The van der Waals surface area contributed by atoms with Gasteiger partial charge < -0.3 is 25.4 Å². The summed E-state index contributed by atoms with van der Waals surface area (Å²) in [5, 5.41) is 0. The fourth-order valence-electron chi connectivity index (χ4n) is 0.783. The molecule has 2 aromatic heterocycles. The molecular weight excluding hydrogens is 225 g/mol. The fourth-order valence-corrected chi connectivity index (χ4v) is 0.783. The summed E-state index contributed by atoms with van der Waals surface area (Å²) in [6, 6.07) is 0. The highest BCUT2D eigenvalue weighted by Gasteiger charge is 2.00. The lowest BCUT2D eigenvalue weighted by Gasteiger charge is -1.88. The molecule has 0 fully saturated rings. The minimum atomic E-state index is -4.64. The van der Waals surface area contributed by atoms with E-state index in [1.54, 1.807) is 0 Å². The van der Waals surface area contributed by atoms with Crippen LogP contribution in [0.5, 0.6) is 0 Å². The lowest BCUT2D eigenvalue weighted by Crippen LogP contribution is -1.91. The summed E-state index contributed by atoms with van der Waals surface area (Å²) in [4.78, 5) is 35.9. The third kappa shape index (κ3) is 4.00. The Morgan fingerprint density at radius 2 is 1.87 bits per heavy atom. The molecule has 0 atom stereocenters. The van der Waals surface area contributed by atoms with E-state index in [2.05, 4.69) is 19.9 Å². The molecule has 0 amide bonds. The van der Waals surface area contributed by atoms with Gasteiger partial charge in [-0.15, -0.1) is 0 Å². The Bertz CT molecular complexity index is 485. The van der Waals surface area contributed by atoms with Gasteiger partial charge in [0.25, 0.3) is 0 Å². The van der Waals surface area contributed by atoms with E-state index < -0.39 is 7.82 Å². The van der Waals surface area contributed by atoms with Gasteiger partial charge in [0, 0.05) is 0 Å². The van der Waals surface area contributed by atoms with E-state index >= 15 is 0 Å². The lowest BCUT2D eigenvalue weighted by atomic mass is 10.5. The van der Waals surface area contributed by atoms with Crippen LogP contribution < -0.4 is 5.73 Å². The predicted molar refractivity (Wildman–Crippen MR) is 50.4 cm³/mol. The molecule has 0 spiro atoms. The summed E-state index contributed by atoms with van der Waals surface area (Å²) in [6.45, 7) is 0. The molecule has 2 heterocycles. The summed E-state index contributed by atoms with van der Waals surface area (Å²) in [5.41, 5.74) is 6.77. The maximum Gasteiger partial charge on any atom is 0.466 e. The molecule has 0 aliphatic carbocycles. The van der Waals surface area contributed by atoms with Crippen molar-refractivity contribution in [1.82, 2.24) is 19.9 Å². The number of H-pyrrole nitrogens is 1. The van der Waals surface area contributed by atoms with E-state index in [4.69, 9.17) is 25.0 Å². The van der Waals surface area contributed by atoms with Crippen molar-refractivity contribution in [3.8, 4) is 0 Å². The Morgan fingerprint density at radius 1 is 1.27 bits per heavy atom. The van der Waals surface area contributed by atoms with Gasteiger partial charge in [0.2, 0.25) is 0 Å². The van der Waals surface area contributed by atoms with Crippen LogP contribution in [0.25, 0.3) is 11.2 Å². The summed E-state index contributed by atoms with van der Waals surface area (Å²) < 4.78 is 8.88. The van der Waals surface area contributed by atoms with Crippen molar-refractivity contribution in [3.63, 3.8) is 0 Å². The lowest BCUT2D eigenvalue weighted by molar-refractivity contribution is 0.275. The maximum atomic E-state index is 8.88. The van der Waals surface area contributed by atoms with E-state index in [0.29, 0.717) is 17.0 Å². The van der Waals surface area contributed by atoms with Crippen LogP contribution in [0.2, 0.25) is 0 Å². The molecule has 0 saturated heterocycles. The van der Waals surface area contributed by atoms with Gasteiger partial charge in [0.05, 0.1) is 6.33 Å². The number of nitrogens with one attached hydrogen (secondary N) is 1. The van der Waals surface area contributed by atoms with Crippen molar-refractivity contribution in [2.45, 2.75) is 0 Å². The quantitative estimate of drug-likeness (QED) is 0.362. The Balaban J connectivity index is 0.000000195. The van der Waals surface area contributed by atoms with Gasteiger partial charge >= 0.3 is 7.82 Å². The first-order valence-electron chi connectivity index (χ1n) is 3.56. The number of hydrogen-bond donors (Lipinski definition) is 5. The summed E-state index contributed by atoms with van der Waals surface area (Å²) >= 11 is 0. The highest BCUT2D eigenvalue weighted by Crippen LogP contribution is 2.25. The molecule has 0 aliphatic rings. The van der Waals surface area contributed by atoms with Crippen LogP contribution in [0.15, 0.2) is 12.7 Å². The second-order valence-corrected chi connectivity index (χ2v) is 3.40. The Morgan fingerprint density at radius 3 is 2.40 bits per heavy atom. The maximum absolute atomic E-state index is 8.88. The van der Waals surface area contributed by atoms with Crippen LogP contribution in [0.1, 0.15) is 0 Å². The third-order valence-corrected chi connectivity index (χ3v) is 1.25. The third-order valence-electron chi connectivity index (χ3n) is 1.25. The SMILES string of the molecule is Nc1ncnc2[nH]cnc12.O=P(O)(O)O. The molecule has 82 valence electrons. The zero-order chi connectivity index (χ0) is 11.5. The normalized spacial score (nSPS) is 10.9. The fraction of sp³-hybridized carbons (Fsp3) is 0. The number of nitrogens with zero attached hydrogens (tertiary/aromatic N) is 3. The first kappa shape index (κ1) is 11.5. The Kier molecular flexibility index (Phi) is 3.32. The second-order valence-electron chi connectivity index (χ2n) is 2.37. The standard InChI is InChI=1S/C5H5N5.H3O4P/c6-4-3-5(9-1-7-3)10-2-8-4;1-5(2,3)4/h1-2H,(H3,6,7,8,9,10);(H3,1,2,3,4). The average Bonchev–Trinajstić information content (AvgIpc) is 2.49. The van der Waals surface area contributed by atoms with Gasteiger partial charge in [0.1, 0.15) is 11.8 Å². The molecule has 2 rings (SSSR count). The molecule has 0 aromatic carbocycles. The van der Waals surface area contributed by atoms with Gasteiger partial charge in [-0.3, -0.25) is 0 Å². The van der Waals surface area contributed by atoms with Gasteiger partial charge in [-0.1, -0.05) is 0 Å². The number of aromatic nitrogens is 4. The molecule has 0 radical (unpaired) electrons. The van der Waals surface area contributed by atoms with E-state index in [0.717, 1.165) is 0 Å². The molecule has 6 N–H and O–H groups in total. The van der Waals surface area contributed by atoms with Crippen molar-refractivity contribution in [2.24, 2.45) is 0 Å². The molecule has 0 aliphatic heterocycles. The predicted octanol–water partition coefficient (Wildman–Crippen LogP) is -0.993. The number of hydrogen-bond acceptors (Lipinski definition) is 5. The molecular formula is C5H8N5O4P. The van der Waals surface area contributed by atoms with Crippen molar-refractivity contribution >= 4 is 24.8 Å². The number of fused-ring (bicyclic) bond motifs is 1. The zero-order valence-corrected chi connectivity index (χ0v) is 8.17. The second kappa shape index (κ2) is 4.32. The molecule has 9 nitrogen and oxygen atoms in total. The summed E-state index contributed by atoms with van der Waals surface area (Å²) in [5.74, 6) is 0.409. The number of anilines is 1. The van der Waals surface area contributed by atoms with Gasteiger partial charge in [0.15, 0.2) is 11.5 Å². The number of phosphoric acid groups is 1. The van der Waals surface area contributed by atoms with Gasteiger partial charge in [-0.25, -0.2) is 19.5 Å². The minimum absolute atomic E-state index is 0.409. The molecule has 15 heavy (non-hydrogen) atoms. The smallest absolute Gasteiger partial charge is 0.382 e. The highest BCUT2D eigenvalue weighted by atomic mass is 31.2. The molecule has 2 aromatic rings. The molecule has 0 bridgehead atoms. The largest absolute Gasteiger partial charge is 0.466 e. The van der Waals surface area contributed by atoms with E-state index in [9.17, 15) is 0 Å². The number of nitrogen functional groups attached to an aromatic ring is 1. The molecule has 0 saturated carbocycles. The van der Waals surface area contributed by atoms with Gasteiger partial charge in [-0.05, 0) is 0 Å². The van der Waals surface area contributed by atoms with Gasteiger partial charge in [-0.2, -0.15) is 0 Å². The van der Waals surface area contributed by atoms with Crippen molar-refractivity contribution in [3.05, 3.63) is 12.7 Å². The van der Waals surface area contributed by atoms with Crippen LogP contribution in [0.3, 0.4) is 0 Å². The number of nitrogens with two attached hydrogens (primary N) is 1. The topological polar surface area (TPSA) is 158 Å². The van der Waals surface area contributed by atoms with E-state index in [1.807, 2.05) is 0 Å². The summed E-state index contributed by atoms with van der Waals surface area (Å²) in [7, 11) is -4.64. The average molecular weight is 233 g/mol. The molecule has 0 unspecified atom stereocenters. The minimum Gasteiger partial charge on any atom is -0.382 e. The monoisotopic (exact) mass is 233 g/mol. The van der Waals surface area contributed by atoms with E-state index in [-0.39, 0.29) is 0 Å². The zero-order valence-electron chi connectivity index (χ0n) is 7.27. The highest BCUT2D eigenvalue weighted by molar-refractivity contribution is 7.45. The van der Waals surface area contributed by atoms with E-state index in [1.165, 1.54) is 12.7 Å². The van der Waals surface area contributed by atoms with Crippen molar-refractivity contribution in [2.75, 3.05) is 5.73 Å². The Labute approximate surface area is 83.3 Å². The number of rotatable bonds is 0. The van der Waals surface area contributed by atoms with Crippen LogP contribution in [0, 0.1) is 0 Å². The van der Waals surface area contributed by atoms with Crippen molar-refractivity contribution in [1.29, 1.82) is 0 Å². The summed E-state index contributed by atoms with van der Waals surface area (Å²) in [6.07, 6.45) is 2.94. The first-order valence-corrected chi connectivity index (χ1v) is 5.12. The van der Waals surface area contributed by atoms with Crippen LogP contribution in [-0.4, -0.2) is 34.6 Å². The number of aromatic amines is 1. The number of imidazole rings is 1. The van der Waals surface area contributed by atoms with Crippen LogP contribution in [0.4, 0.5) is 5.82 Å². The van der Waals surface area contributed by atoms with Crippen molar-refractivity contribution < 1.29 is 19.2 Å². The van der Waals surface area contributed by atoms with Crippen LogP contribution in [-0.2, 0) is 4.57 Å². The Hall–Kier alpha value is -1.54.